The number of hydrogen-bond acceptors (Lipinski definition) is 6. The molecule has 8 heteroatoms. The summed E-state index contributed by atoms with van der Waals surface area (Å²) in [5.74, 6) is 1.16. The summed E-state index contributed by atoms with van der Waals surface area (Å²) < 4.78 is 4.63. The molecule has 17 aromatic rings. The third-order valence-corrected chi connectivity index (χ3v) is 18.7. The second-order valence-corrected chi connectivity index (χ2v) is 24.5. The van der Waals surface area contributed by atoms with E-state index in [4.69, 9.17) is 15.0 Å². The van der Waals surface area contributed by atoms with Crippen molar-refractivity contribution in [1.82, 2.24) is 24.1 Å². The maximum absolute atomic E-state index is 10.8. The molecule has 0 spiro atoms. The maximum atomic E-state index is 10.8. The number of benzene rings is 14. The van der Waals surface area contributed by atoms with Crippen LogP contribution >= 0.6 is 0 Å². The molecule has 0 amide bonds. The Hall–Kier alpha value is -13.8. The topological polar surface area (TPSA) is 120 Å². The van der Waals surface area contributed by atoms with Gasteiger partial charge in [-0.3, -0.25) is 0 Å². The fourth-order valence-electron chi connectivity index (χ4n) is 14.0. The molecule has 0 atom stereocenters. The van der Waals surface area contributed by atoms with Crippen molar-refractivity contribution in [1.29, 1.82) is 15.8 Å². The monoisotopic (exact) mass is 1250 g/mol. The van der Waals surface area contributed by atoms with E-state index in [-0.39, 0.29) is 0 Å². The Labute approximate surface area is 566 Å². The zero-order valence-electron chi connectivity index (χ0n) is 52.8. The fraction of sp³-hybridized carbons (Fsp3) is 0. The average Bonchev–Trinajstić information content (AvgIpc) is 1.57. The highest BCUT2D eigenvalue weighted by molar-refractivity contribution is 6.13. The highest BCUT2D eigenvalue weighted by Crippen LogP contribution is 2.43. The molecule has 0 aliphatic heterocycles. The predicted octanol–water partition coefficient (Wildman–Crippen LogP) is 22.4. The molecule has 3 heterocycles. The van der Waals surface area contributed by atoms with Crippen LogP contribution in [0, 0.1) is 34.0 Å². The smallest absolute Gasteiger partial charge is 0.164 e. The van der Waals surface area contributed by atoms with E-state index in [1.807, 2.05) is 121 Å². The summed E-state index contributed by atoms with van der Waals surface area (Å²) in [7, 11) is 0. The van der Waals surface area contributed by atoms with Gasteiger partial charge in [0.05, 0.1) is 57.0 Å². The minimum Gasteiger partial charge on any atom is -0.309 e. The van der Waals surface area contributed by atoms with Gasteiger partial charge in [-0.05, 0) is 187 Å². The lowest BCUT2D eigenvalue weighted by Gasteiger charge is -2.16. The number of nitrogens with zero attached hydrogens (tertiary/aromatic N) is 8. The van der Waals surface area contributed by atoms with Gasteiger partial charge in [0.15, 0.2) is 17.5 Å². The van der Waals surface area contributed by atoms with Gasteiger partial charge >= 0.3 is 0 Å². The van der Waals surface area contributed by atoms with Crippen LogP contribution in [-0.2, 0) is 0 Å². The summed E-state index contributed by atoms with van der Waals surface area (Å²) >= 11 is 0. The molecule has 454 valence electrons. The average molecular weight is 1250 g/mol. The van der Waals surface area contributed by atoms with Crippen molar-refractivity contribution in [2.75, 3.05) is 0 Å². The summed E-state index contributed by atoms with van der Waals surface area (Å²) in [6, 6.07) is 120. The first kappa shape index (κ1) is 58.0. The molecule has 3 aromatic heterocycles. The van der Waals surface area contributed by atoms with Crippen LogP contribution in [0.2, 0.25) is 0 Å². The van der Waals surface area contributed by atoms with Crippen molar-refractivity contribution in [3.8, 4) is 142 Å². The largest absolute Gasteiger partial charge is 0.309 e. The molecule has 0 aliphatic carbocycles. The molecule has 0 radical (unpaired) electrons. The van der Waals surface area contributed by atoms with E-state index in [0.29, 0.717) is 50.9 Å². The zero-order valence-corrected chi connectivity index (χ0v) is 52.8. The standard InChI is InChI=1S/C90H54N8/c91-55-68-28-13-16-33-77(68)66-31-19-32-67(44-66)88-94-89(73-45-71(78-34-17-14-29-69(78)56-92)47-75(49-73)97-84-40-36-62(58-20-5-1-6-21-58)51-80(84)81-52-63(37-41-85(81)97)59-22-7-2-8-23-59)96-90(95-88)74-46-72(79-35-18-15-30-70(79)57-93)48-76(50-74)98-86-42-38-64(60-24-9-3-10-25-60)53-82(86)83-54-65(39-43-87(83)98)61-26-11-4-12-27-61/h1-54H. The van der Waals surface area contributed by atoms with Crippen LogP contribution < -0.4 is 0 Å². The Morgan fingerprint density at radius 3 is 0.806 bits per heavy atom. The first-order valence-corrected chi connectivity index (χ1v) is 32.5. The molecule has 0 bridgehead atoms. The molecule has 17 rings (SSSR count). The molecular weight excluding hydrogens is 1190 g/mol. The molecule has 0 unspecified atom stereocenters. The van der Waals surface area contributed by atoms with Crippen LogP contribution in [0.25, 0.3) is 167 Å². The highest BCUT2D eigenvalue weighted by Gasteiger charge is 2.23. The summed E-state index contributed by atoms with van der Waals surface area (Å²) in [5.41, 5.74) is 22.8. The Morgan fingerprint density at radius 1 is 0.204 bits per heavy atom. The summed E-state index contributed by atoms with van der Waals surface area (Å²) in [6.07, 6.45) is 0. The third-order valence-electron chi connectivity index (χ3n) is 18.7. The lowest BCUT2D eigenvalue weighted by Crippen LogP contribution is -2.03. The second-order valence-electron chi connectivity index (χ2n) is 24.5. The van der Waals surface area contributed by atoms with E-state index in [0.717, 1.165) is 133 Å². The molecule has 8 nitrogen and oxygen atoms in total. The lowest BCUT2D eigenvalue weighted by atomic mass is 9.96. The van der Waals surface area contributed by atoms with Crippen LogP contribution in [0.15, 0.2) is 328 Å². The van der Waals surface area contributed by atoms with Gasteiger partial charge in [-0.25, -0.2) is 15.0 Å². The third kappa shape index (κ3) is 10.5. The maximum Gasteiger partial charge on any atom is 0.164 e. The van der Waals surface area contributed by atoms with Crippen molar-refractivity contribution in [2.24, 2.45) is 0 Å². The molecule has 0 aliphatic rings. The van der Waals surface area contributed by atoms with Crippen molar-refractivity contribution in [3.05, 3.63) is 344 Å². The van der Waals surface area contributed by atoms with E-state index in [1.54, 1.807) is 0 Å². The first-order valence-electron chi connectivity index (χ1n) is 32.5. The molecule has 0 fully saturated rings. The number of fused-ring (bicyclic) bond motifs is 6. The Morgan fingerprint density at radius 2 is 0.469 bits per heavy atom. The van der Waals surface area contributed by atoms with Gasteiger partial charge < -0.3 is 9.13 Å². The fourth-order valence-corrected chi connectivity index (χ4v) is 14.0. The minimum atomic E-state index is 0.381. The summed E-state index contributed by atoms with van der Waals surface area (Å²) in [4.78, 5) is 16.6. The van der Waals surface area contributed by atoms with E-state index < -0.39 is 0 Å². The highest BCUT2D eigenvalue weighted by atomic mass is 15.0. The van der Waals surface area contributed by atoms with Crippen molar-refractivity contribution >= 4 is 43.6 Å². The first-order chi connectivity index (χ1) is 48.4. The van der Waals surface area contributed by atoms with Gasteiger partial charge in [0, 0.05) is 49.6 Å². The minimum absolute atomic E-state index is 0.381. The molecule has 0 saturated heterocycles. The molecule has 14 aromatic carbocycles. The van der Waals surface area contributed by atoms with Crippen molar-refractivity contribution in [3.63, 3.8) is 0 Å². The molecular formula is C90H54N8. The Bertz CT molecular complexity index is 5630. The van der Waals surface area contributed by atoms with E-state index in [1.165, 1.54) is 0 Å². The van der Waals surface area contributed by atoms with Gasteiger partial charge in [-0.15, -0.1) is 0 Å². The SMILES string of the molecule is N#Cc1ccccc1-c1cccc(-c2nc(-c3cc(-c4ccccc4C#N)cc(-n4c5ccc(-c6ccccc6)cc5c5cc(-c6ccccc6)ccc54)c3)nc(-c3cc(-c4ccccc4C#N)cc(-n4c5ccc(-c6ccccc6)cc5c5cc(-c6ccccc6)ccc54)c3)n2)c1. The van der Waals surface area contributed by atoms with Crippen LogP contribution in [0.4, 0.5) is 0 Å². The Balaban J connectivity index is 0.937. The number of hydrogen-bond donors (Lipinski definition) is 0. The van der Waals surface area contributed by atoms with Gasteiger partial charge in [0.2, 0.25) is 0 Å². The summed E-state index contributed by atoms with van der Waals surface area (Å²) in [6.45, 7) is 0. The number of rotatable bonds is 12. The zero-order chi connectivity index (χ0) is 65.6. The van der Waals surface area contributed by atoms with E-state index >= 15 is 0 Å². The second kappa shape index (κ2) is 24.6. The van der Waals surface area contributed by atoms with Gasteiger partial charge in [-0.1, -0.05) is 218 Å². The number of aromatic nitrogens is 5. The van der Waals surface area contributed by atoms with Crippen LogP contribution in [0.5, 0.6) is 0 Å². The van der Waals surface area contributed by atoms with Gasteiger partial charge in [0.25, 0.3) is 0 Å². The van der Waals surface area contributed by atoms with E-state index in [2.05, 4.69) is 234 Å². The Kier molecular flexibility index (Phi) is 14.5. The normalized spacial score (nSPS) is 11.2. The van der Waals surface area contributed by atoms with Crippen molar-refractivity contribution in [2.45, 2.75) is 0 Å². The molecule has 98 heavy (non-hydrogen) atoms. The number of nitriles is 3. The van der Waals surface area contributed by atoms with Gasteiger partial charge in [-0.2, -0.15) is 15.8 Å². The molecule has 0 N–H and O–H groups in total. The van der Waals surface area contributed by atoms with Crippen LogP contribution in [0.3, 0.4) is 0 Å². The predicted molar refractivity (Wildman–Crippen MR) is 397 cm³/mol. The van der Waals surface area contributed by atoms with Crippen LogP contribution in [0.1, 0.15) is 16.7 Å². The summed E-state index contributed by atoms with van der Waals surface area (Å²) in [5, 5.41) is 36.4. The molecule has 0 saturated carbocycles. The quantitative estimate of drug-likeness (QED) is 0.120. The van der Waals surface area contributed by atoms with Crippen LogP contribution in [-0.4, -0.2) is 24.1 Å². The lowest BCUT2D eigenvalue weighted by molar-refractivity contribution is 1.07. The van der Waals surface area contributed by atoms with Gasteiger partial charge in [0.1, 0.15) is 0 Å². The van der Waals surface area contributed by atoms with Crippen molar-refractivity contribution < 1.29 is 0 Å². The van der Waals surface area contributed by atoms with E-state index in [9.17, 15) is 15.8 Å².